The van der Waals surface area contributed by atoms with Crippen LogP contribution in [0.15, 0.2) is 59.8 Å². The zero-order chi connectivity index (χ0) is 15.9. The van der Waals surface area contributed by atoms with E-state index in [4.69, 9.17) is 0 Å². The lowest BCUT2D eigenvalue weighted by molar-refractivity contribution is -0.111. The predicted molar refractivity (Wildman–Crippen MR) is 96.5 cm³/mol. The Kier molecular flexibility index (Phi) is 5.48. The van der Waals surface area contributed by atoms with Crippen LogP contribution in [-0.4, -0.2) is 16.1 Å². The second-order valence-corrected chi connectivity index (χ2v) is 6.97. The summed E-state index contributed by atoms with van der Waals surface area (Å²) in [5, 5.41) is 3.67. The van der Waals surface area contributed by atoms with Gasteiger partial charge in [-0.15, -0.1) is 11.8 Å². The number of carbonyl (C=O) groups excluding carboxylic acids is 1. The number of thioether (sulfide) groups is 1. The van der Waals surface area contributed by atoms with Crippen LogP contribution in [0.3, 0.4) is 0 Å². The van der Waals surface area contributed by atoms with E-state index in [-0.39, 0.29) is 5.91 Å². The van der Waals surface area contributed by atoms with Crippen LogP contribution in [0.25, 0.3) is 6.08 Å². The first-order valence-electron chi connectivity index (χ1n) is 7.96. The SMILES string of the molecule is O=C(/C=C/c1cccnc1)Nc1ccccc1SC1CCCC1. The molecule has 4 heteroatoms. The highest BCUT2D eigenvalue weighted by atomic mass is 32.2. The monoisotopic (exact) mass is 324 g/mol. The molecule has 0 aliphatic heterocycles. The van der Waals surface area contributed by atoms with Crippen molar-refractivity contribution in [2.75, 3.05) is 5.32 Å². The average molecular weight is 324 g/mol. The molecule has 0 bridgehead atoms. The van der Waals surface area contributed by atoms with Crippen LogP contribution in [0, 0.1) is 0 Å². The minimum atomic E-state index is -0.117. The number of benzene rings is 1. The Morgan fingerprint density at radius 3 is 2.78 bits per heavy atom. The topological polar surface area (TPSA) is 42.0 Å². The summed E-state index contributed by atoms with van der Waals surface area (Å²) >= 11 is 1.89. The van der Waals surface area contributed by atoms with Gasteiger partial charge in [0.25, 0.3) is 0 Å². The second kappa shape index (κ2) is 7.97. The van der Waals surface area contributed by atoms with Gasteiger partial charge in [0.2, 0.25) is 5.91 Å². The fourth-order valence-electron chi connectivity index (χ4n) is 2.68. The summed E-state index contributed by atoms with van der Waals surface area (Å²) in [4.78, 5) is 17.3. The van der Waals surface area contributed by atoms with Crippen molar-refractivity contribution < 1.29 is 4.79 Å². The predicted octanol–water partition coefficient (Wildman–Crippen LogP) is 4.77. The van der Waals surface area contributed by atoms with E-state index in [9.17, 15) is 4.79 Å². The van der Waals surface area contributed by atoms with Gasteiger partial charge >= 0.3 is 0 Å². The molecule has 1 aliphatic rings. The second-order valence-electron chi connectivity index (χ2n) is 5.63. The molecule has 1 heterocycles. The van der Waals surface area contributed by atoms with E-state index in [1.165, 1.54) is 25.7 Å². The Labute approximate surface area is 141 Å². The largest absolute Gasteiger partial charge is 0.321 e. The number of carbonyl (C=O) groups is 1. The van der Waals surface area contributed by atoms with Crippen LogP contribution >= 0.6 is 11.8 Å². The van der Waals surface area contributed by atoms with E-state index in [1.807, 2.05) is 42.1 Å². The quantitative estimate of drug-likeness (QED) is 0.806. The van der Waals surface area contributed by atoms with Gasteiger partial charge in [-0.3, -0.25) is 9.78 Å². The summed E-state index contributed by atoms with van der Waals surface area (Å²) in [6.45, 7) is 0. The lowest BCUT2D eigenvalue weighted by Crippen LogP contribution is -2.09. The maximum Gasteiger partial charge on any atom is 0.248 e. The number of pyridine rings is 1. The summed E-state index contributed by atoms with van der Waals surface area (Å²) in [6, 6.07) is 11.8. The van der Waals surface area contributed by atoms with Crippen molar-refractivity contribution in [1.29, 1.82) is 0 Å². The number of anilines is 1. The minimum absolute atomic E-state index is 0.117. The summed E-state index contributed by atoms with van der Waals surface area (Å²) in [5.74, 6) is -0.117. The number of hydrogen-bond acceptors (Lipinski definition) is 3. The lowest BCUT2D eigenvalue weighted by Gasteiger charge is -2.13. The first-order chi connectivity index (χ1) is 11.3. The summed E-state index contributed by atoms with van der Waals surface area (Å²) < 4.78 is 0. The number of para-hydroxylation sites is 1. The zero-order valence-corrected chi connectivity index (χ0v) is 13.8. The number of rotatable bonds is 5. The Morgan fingerprint density at radius 2 is 2.00 bits per heavy atom. The highest BCUT2D eigenvalue weighted by Crippen LogP contribution is 2.37. The van der Waals surface area contributed by atoms with Crippen molar-refractivity contribution in [3.8, 4) is 0 Å². The van der Waals surface area contributed by atoms with E-state index >= 15 is 0 Å². The van der Waals surface area contributed by atoms with E-state index in [1.54, 1.807) is 24.5 Å². The average Bonchev–Trinajstić information content (AvgIpc) is 3.09. The van der Waals surface area contributed by atoms with Gasteiger partial charge < -0.3 is 5.32 Å². The molecule has 1 amide bonds. The van der Waals surface area contributed by atoms with Crippen LogP contribution in [0.1, 0.15) is 31.2 Å². The molecular formula is C19H20N2OS. The molecule has 0 saturated heterocycles. The molecule has 2 aromatic rings. The molecule has 1 fully saturated rings. The van der Waals surface area contributed by atoms with Crippen LogP contribution in [0.5, 0.6) is 0 Å². The molecule has 1 N–H and O–H groups in total. The van der Waals surface area contributed by atoms with Crippen LogP contribution < -0.4 is 5.32 Å². The summed E-state index contributed by atoms with van der Waals surface area (Å²) in [6.07, 6.45) is 12.0. The van der Waals surface area contributed by atoms with Crippen molar-refractivity contribution in [3.63, 3.8) is 0 Å². The molecule has 1 aliphatic carbocycles. The van der Waals surface area contributed by atoms with E-state index < -0.39 is 0 Å². The van der Waals surface area contributed by atoms with Crippen molar-refractivity contribution in [2.45, 2.75) is 35.8 Å². The molecule has 1 aromatic carbocycles. The molecular weight excluding hydrogens is 304 g/mol. The highest BCUT2D eigenvalue weighted by molar-refractivity contribution is 8.00. The number of amides is 1. The van der Waals surface area contributed by atoms with Crippen molar-refractivity contribution in [1.82, 2.24) is 4.98 Å². The molecule has 1 aromatic heterocycles. The third-order valence-electron chi connectivity index (χ3n) is 3.85. The van der Waals surface area contributed by atoms with E-state index in [0.29, 0.717) is 5.25 Å². The Morgan fingerprint density at radius 1 is 1.17 bits per heavy atom. The first kappa shape index (κ1) is 15.8. The van der Waals surface area contributed by atoms with E-state index in [0.717, 1.165) is 16.1 Å². The summed E-state index contributed by atoms with van der Waals surface area (Å²) in [5.41, 5.74) is 1.81. The molecule has 0 atom stereocenters. The smallest absolute Gasteiger partial charge is 0.248 e. The van der Waals surface area contributed by atoms with Crippen LogP contribution in [0.2, 0.25) is 0 Å². The Balaban J connectivity index is 1.65. The Bertz CT molecular complexity index is 679. The van der Waals surface area contributed by atoms with Gasteiger partial charge in [0.15, 0.2) is 0 Å². The van der Waals surface area contributed by atoms with Crippen molar-refractivity contribution in [3.05, 3.63) is 60.4 Å². The zero-order valence-electron chi connectivity index (χ0n) is 12.9. The molecule has 118 valence electrons. The Hall–Kier alpha value is -2.07. The van der Waals surface area contributed by atoms with Crippen LogP contribution in [-0.2, 0) is 4.79 Å². The molecule has 3 rings (SSSR count). The number of nitrogens with one attached hydrogen (secondary N) is 1. The van der Waals surface area contributed by atoms with E-state index in [2.05, 4.69) is 16.4 Å². The summed E-state index contributed by atoms with van der Waals surface area (Å²) in [7, 11) is 0. The molecule has 0 spiro atoms. The maximum absolute atomic E-state index is 12.1. The standard InChI is InChI=1S/C19H20N2OS/c22-19(12-11-15-6-5-13-20-14-15)21-17-9-3-4-10-18(17)23-16-7-1-2-8-16/h3-6,9-14,16H,1-2,7-8H2,(H,21,22)/b12-11+. The number of hydrogen-bond donors (Lipinski definition) is 1. The molecule has 1 saturated carbocycles. The van der Waals surface area contributed by atoms with Gasteiger partial charge in [-0.05, 0) is 42.7 Å². The molecule has 0 unspecified atom stereocenters. The molecule has 3 nitrogen and oxygen atoms in total. The third-order valence-corrected chi connectivity index (χ3v) is 5.27. The number of nitrogens with zero attached hydrogens (tertiary/aromatic N) is 1. The first-order valence-corrected chi connectivity index (χ1v) is 8.84. The fraction of sp³-hybridized carbons (Fsp3) is 0.263. The minimum Gasteiger partial charge on any atom is -0.321 e. The molecule has 0 radical (unpaired) electrons. The number of aromatic nitrogens is 1. The van der Waals surface area contributed by atoms with Gasteiger partial charge in [0.05, 0.1) is 5.69 Å². The highest BCUT2D eigenvalue weighted by Gasteiger charge is 2.17. The van der Waals surface area contributed by atoms with Gasteiger partial charge in [0.1, 0.15) is 0 Å². The third kappa shape index (κ3) is 4.70. The van der Waals surface area contributed by atoms with Crippen molar-refractivity contribution >= 4 is 29.4 Å². The fourth-order valence-corrected chi connectivity index (χ4v) is 4.01. The van der Waals surface area contributed by atoms with Gasteiger partial charge in [-0.2, -0.15) is 0 Å². The van der Waals surface area contributed by atoms with Crippen LogP contribution in [0.4, 0.5) is 5.69 Å². The van der Waals surface area contributed by atoms with Gasteiger partial charge in [0, 0.05) is 28.6 Å². The lowest BCUT2D eigenvalue weighted by atomic mass is 10.2. The van der Waals surface area contributed by atoms with Gasteiger partial charge in [-0.1, -0.05) is 31.0 Å². The maximum atomic E-state index is 12.1. The van der Waals surface area contributed by atoms with Gasteiger partial charge in [-0.25, -0.2) is 0 Å². The van der Waals surface area contributed by atoms with Crippen molar-refractivity contribution in [2.24, 2.45) is 0 Å². The molecule has 23 heavy (non-hydrogen) atoms. The normalized spacial score (nSPS) is 15.1.